The molecule has 124 valence electrons. The minimum absolute atomic E-state index is 0.137. The second kappa shape index (κ2) is 5.96. The normalized spacial score (nSPS) is 15.7. The largest absolute Gasteiger partial charge is 0.496 e. The molecule has 3 rings (SSSR count). The fraction of sp³-hybridized carbons (Fsp3) is 0.278. The molecule has 6 nitrogen and oxygen atoms in total. The number of carbonyl (C=O) groups excluding carboxylic acids is 1. The molecule has 2 heterocycles. The molecule has 0 aliphatic carbocycles. The molecule has 0 fully saturated rings. The van der Waals surface area contributed by atoms with Crippen molar-refractivity contribution in [1.82, 2.24) is 4.98 Å². The van der Waals surface area contributed by atoms with E-state index in [-0.39, 0.29) is 5.78 Å². The molecule has 0 saturated heterocycles. The quantitative estimate of drug-likeness (QED) is 0.936. The van der Waals surface area contributed by atoms with Crippen molar-refractivity contribution in [3.8, 4) is 16.9 Å². The number of aromatic nitrogens is 1. The van der Waals surface area contributed by atoms with E-state index in [2.05, 4.69) is 15.5 Å². The van der Waals surface area contributed by atoms with E-state index in [0.717, 1.165) is 16.9 Å². The predicted octanol–water partition coefficient (Wildman–Crippen LogP) is 2.88. The highest BCUT2D eigenvalue weighted by Gasteiger charge is 2.40. The van der Waals surface area contributed by atoms with Gasteiger partial charge in [0, 0.05) is 29.9 Å². The number of anilines is 1. The minimum Gasteiger partial charge on any atom is -0.496 e. The third-order valence-electron chi connectivity index (χ3n) is 3.93. The van der Waals surface area contributed by atoms with Crippen LogP contribution in [0.5, 0.6) is 5.75 Å². The summed E-state index contributed by atoms with van der Waals surface area (Å²) in [6.45, 7) is 3.41. The minimum atomic E-state index is -0.925. The molecule has 0 unspecified atom stereocenters. The molecular weight excluding hydrogens is 306 g/mol. The lowest BCUT2D eigenvalue weighted by molar-refractivity contribution is -0.128. The zero-order chi connectivity index (χ0) is 17.3. The molecule has 6 heteroatoms. The topological polar surface area (TPSA) is 72.8 Å². The summed E-state index contributed by atoms with van der Waals surface area (Å²) in [5.74, 6) is 1.34. The maximum absolute atomic E-state index is 12.4. The van der Waals surface area contributed by atoms with Crippen LogP contribution in [-0.2, 0) is 9.63 Å². The van der Waals surface area contributed by atoms with Crippen LogP contribution < -0.4 is 10.1 Å². The van der Waals surface area contributed by atoms with Crippen LogP contribution in [0.1, 0.15) is 19.4 Å². The molecule has 0 atom stereocenters. The lowest BCUT2D eigenvalue weighted by Crippen LogP contribution is -2.33. The van der Waals surface area contributed by atoms with Gasteiger partial charge in [0.1, 0.15) is 11.6 Å². The van der Waals surface area contributed by atoms with E-state index in [9.17, 15) is 4.79 Å². The van der Waals surface area contributed by atoms with Gasteiger partial charge in [-0.3, -0.25) is 4.79 Å². The monoisotopic (exact) mass is 325 g/mol. The van der Waals surface area contributed by atoms with Gasteiger partial charge in [0.2, 0.25) is 5.78 Å². The Morgan fingerprint density at radius 1 is 1.17 bits per heavy atom. The first kappa shape index (κ1) is 16.0. The second-order valence-corrected chi connectivity index (χ2v) is 5.97. The average Bonchev–Trinajstić information content (AvgIpc) is 2.88. The van der Waals surface area contributed by atoms with E-state index in [1.807, 2.05) is 31.3 Å². The molecule has 0 spiro atoms. The number of benzene rings is 1. The van der Waals surface area contributed by atoms with E-state index < -0.39 is 5.60 Å². The van der Waals surface area contributed by atoms with Crippen LogP contribution in [0.3, 0.4) is 0 Å². The van der Waals surface area contributed by atoms with Crippen molar-refractivity contribution in [2.24, 2.45) is 5.16 Å². The molecule has 1 N–H and O–H groups in total. The number of pyridine rings is 1. The fourth-order valence-electron chi connectivity index (χ4n) is 2.49. The summed E-state index contributed by atoms with van der Waals surface area (Å²) >= 11 is 0. The maximum atomic E-state index is 12.4. The summed E-state index contributed by atoms with van der Waals surface area (Å²) in [7, 11) is 3.42. The van der Waals surface area contributed by atoms with Crippen molar-refractivity contribution in [3.05, 3.63) is 42.1 Å². The summed E-state index contributed by atoms with van der Waals surface area (Å²) in [4.78, 5) is 22.0. The van der Waals surface area contributed by atoms with Gasteiger partial charge in [0.05, 0.1) is 7.11 Å². The second-order valence-electron chi connectivity index (χ2n) is 5.97. The van der Waals surface area contributed by atoms with E-state index in [0.29, 0.717) is 17.0 Å². The zero-order valence-corrected chi connectivity index (χ0v) is 14.1. The number of oxime groups is 1. The van der Waals surface area contributed by atoms with E-state index in [1.165, 1.54) is 0 Å². The van der Waals surface area contributed by atoms with Crippen molar-refractivity contribution in [2.75, 3.05) is 19.5 Å². The zero-order valence-electron chi connectivity index (χ0n) is 14.1. The first-order chi connectivity index (χ1) is 11.5. The van der Waals surface area contributed by atoms with Gasteiger partial charge < -0.3 is 14.9 Å². The van der Waals surface area contributed by atoms with Gasteiger partial charge in [-0.25, -0.2) is 4.98 Å². The highest BCUT2D eigenvalue weighted by Crippen LogP contribution is 2.32. The molecule has 1 aromatic heterocycles. The van der Waals surface area contributed by atoms with Crippen LogP contribution >= 0.6 is 0 Å². The van der Waals surface area contributed by atoms with Gasteiger partial charge in [-0.2, -0.15) is 0 Å². The Balaban J connectivity index is 2.04. The number of hydrogen-bond acceptors (Lipinski definition) is 6. The Kier molecular flexibility index (Phi) is 3.97. The third-order valence-corrected chi connectivity index (χ3v) is 3.93. The van der Waals surface area contributed by atoms with Crippen LogP contribution in [-0.4, -0.2) is 36.2 Å². The molecule has 1 aliphatic rings. The van der Waals surface area contributed by atoms with Crippen LogP contribution in [0, 0.1) is 0 Å². The highest BCUT2D eigenvalue weighted by molar-refractivity contribution is 6.49. The van der Waals surface area contributed by atoms with Crippen molar-refractivity contribution < 1.29 is 14.4 Å². The number of rotatable bonds is 4. The molecule has 1 aromatic carbocycles. The number of nitrogens with one attached hydrogen (secondary N) is 1. The number of nitrogens with zero attached hydrogens (tertiary/aromatic N) is 2. The van der Waals surface area contributed by atoms with Gasteiger partial charge in [0.25, 0.3) is 0 Å². The summed E-state index contributed by atoms with van der Waals surface area (Å²) in [6, 6.07) is 9.32. The number of carbonyl (C=O) groups is 1. The van der Waals surface area contributed by atoms with Crippen LogP contribution in [0.15, 0.2) is 41.7 Å². The van der Waals surface area contributed by atoms with Gasteiger partial charge in [-0.15, -0.1) is 0 Å². The first-order valence-electron chi connectivity index (χ1n) is 7.60. The number of Topliss-reactive ketones (excluding diaryl/α,β-unsaturated/α-hetero) is 1. The van der Waals surface area contributed by atoms with Crippen LogP contribution in [0.2, 0.25) is 0 Å². The van der Waals surface area contributed by atoms with E-state index >= 15 is 0 Å². The maximum Gasteiger partial charge on any atom is 0.230 e. The molecule has 24 heavy (non-hydrogen) atoms. The smallest absolute Gasteiger partial charge is 0.230 e. The highest BCUT2D eigenvalue weighted by atomic mass is 16.7. The number of ketones is 1. The molecule has 0 amide bonds. The summed E-state index contributed by atoms with van der Waals surface area (Å²) in [5, 5.41) is 6.94. The van der Waals surface area contributed by atoms with Crippen LogP contribution in [0.25, 0.3) is 11.1 Å². The Labute approximate surface area is 140 Å². The van der Waals surface area contributed by atoms with E-state index in [1.54, 1.807) is 33.2 Å². The summed E-state index contributed by atoms with van der Waals surface area (Å²) in [6.07, 6.45) is 1.76. The van der Waals surface area contributed by atoms with E-state index in [4.69, 9.17) is 9.57 Å². The molecule has 0 radical (unpaired) electrons. The third kappa shape index (κ3) is 2.71. The molecular formula is C18H19N3O3. The summed E-state index contributed by atoms with van der Waals surface area (Å²) < 4.78 is 5.44. The average molecular weight is 325 g/mol. The SMILES string of the molecule is CNc1ccc(-c2cc(C3=NOC(C)(C)C3=O)ccc2OC)cn1. The Morgan fingerprint density at radius 2 is 1.92 bits per heavy atom. The van der Waals surface area contributed by atoms with Crippen LogP contribution in [0.4, 0.5) is 5.82 Å². The number of ether oxygens (including phenoxy) is 1. The molecule has 1 aliphatic heterocycles. The lowest BCUT2D eigenvalue weighted by atomic mass is 9.94. The van der Waals surface area contributed by atoms with Crippen molar-refractivity contribution in [3.63, 3.8) is 0 Å². The van der Waals surface area contributed by atoms with Gasteiger partial charge in [0.15, 0.2) is 11.3 Å². The van der Waals surface area contributed by atoms with Crippen molar-refractivity contribution >= 4 is 17.3 Å². The molecule has 0 saturated carbocycles. The van der Waals surface area contributed by atoms with Gasteiger partial charge in [-0.05, 0) is 44.2 Å². The van der Waals surface area contributed by atoms with Gasteiger partial charge in [-0.1, -0.05) is 5.16 Å². The molecule has 0 bridgehead atoms. The van der Waals surface area contributed by atoms with Crippen molar-refractivity contribution in [1.29, 1.82) is 0 Å². The van der Waals surface area contributed by atoms with Crippen molar-refractivity contribution in [2.45, 2.75) is 19.4 Å². The number of hydrogen-bond donors (Lipinski definition) is 1. The predicted molar refractivity (Wildman–Crippen MR) is 92.5 cm³/mol. The Morgan fingerprint density at radius 3 is 2.46 bits per heavy atom. The summed E-state index contributed by atoms with van der Waals surface area (Å²) in [5.41, 5.74) is 1.82. The first-order valence-corrected chi connectivity index (χ1v) is 7.60. The Hall–Kier alpha value is -2.89. The standard InChI is InChI=1S/C18H19N3O3/c1-18(2)17(22)16(21-24-18)11-5-7-14(23-4)13(9-11)12-6-8-15(19-3)20-10-12/h5-10H,1-4H3,(H,19,20). The Bertz CT molecular complexity index is 811. The fourth-order valence-corrected chi connectivity index (χ4v) is 2.49. The lowest BCUT2D eigenvalue weighted by Gasteiger charge is -2.13. The molecule has 2 aromatic rings. The number of methoxy groups -OCH3 is 1. The van der Waals surface area contributed by atoms with Gasteiger partial charge >= 0.3 is 0 Å².